The fraction of sp³-hybridized carbons (Fsp3) is 0.600. The van der Waals surface area contributed by atoms with E-state index in [2.05, 4.69) is 4.74 Å². The summed E-state index contributed by atoms with van der Waals surface area (Å²) in [4.78, 5) is 20.4. The molecule has 0 unspecified atom stereocenters. The predicted octanol–water partition coefficient (Wildman–Crippen LogP) is -0.432. The van der Waals surface area contributed by atoms with Gasteiger partial charge in [-0.15, -0.1) is 0 Å². The summed E-state index contributed by atoms with van der Waals surface area (Å²) in [7, 11) is 0. The molecule has 0 radical (unpaired) electrons. The molecule has 0 spiro atoms. The van der Waals surface area contributed by atoms with Crippen molar-refractivity contribution in [2.75, 3.05) is 0 Å². The molecule has 1 amide bonds. The van der Waals surface area contributed by atoms with Crippen molar-refractivity contribution in [3.63, 3.8) is 0 Å². The van der Waals surface area contributed by atoms with E-state index < -0.39 is 18.1 Å². The third-order valence-electron chi connectivity index (χ3n) is 1.30. The van der Waals surface area contributed by atoms with Crippen molar-refractivity contribution >= 4 is 12.1 Å². The van der Waals surface area contributed by atoms with Crippen LogP contribution in [0, 0.1) is 0 Å². The molecule has 10 heavy (non-hydrogen) atoms. The standard InChI is InChI=1S/C5H7NO4/c1-2-3(4(7)10-2)6-5(8)9/h2-3,6H,1H3,(H,8,9)/t2-,3+/m0/s1. The number of nitrogens with one attached hydrogen (secondary N) is 1. The Hall–Kier alpha value is -1.26. The van der Waals surface area contributed by atoms with Gasteiger partial charge in [0.05, 0.1) is 0 Å². The van der Waals surface area contributed by atoms with Crippen molar-refractivity contribution in [3.8, 4) is 0 Å². The van der Waals surface area contributed by atoms with Gasteiger partial charge < -0.3 is 15.2 Å². The third kappa shape index (κ3) is 1.02. The van der Waals surface area contributed by atoms with E-state index in [-0.39, 0.29) is 6.10 Å². The van der Waals surface area contributed by atoms with Crippen molar-refractivity contribution in [2.24, 2.45) is 0 Å². The van der Waals surface area contributed by atoms with E-state index in [4.69, 9.17) is 5.11 Å². The lowest BCUT2D eigenvalue weighted by atomic mass is 10.1. The van der Waals surface area contributed by atoms with Gasteiger partial charge in [0.15, 0.2) is 6.04 Å². The van der Waals surface area contributed by atoms with Gasteiger partial charge in [-0.25, -0.2) is 9.59 Å². The zero-order chi connectivity index (χ0) is 7.72. The second-order valence-corrected chi connectivity index (χ2v) is 2.07. The van der Waals surface area contributed by atoms with Gasteiger partial charge in [-0.05, 0) is 6.92 Å². The number of ether oxygens (including phenoxy) is 1. The highest BCUT2D eigenvalue weighted by Crippen LogP contribution is 2.12. The van der Waals surface area contributed by atoms with Crippen LogP contribution in [0.3, 0.4) is 0 Å². The van der Waals surface area contributed by atoms with Gasteiger partial charge in [-0.2, -0.15) is 0 Å². The number of hydrogen-bond donors (Lipinski definition) is 2. The molecule has 2 N–H and O–H groups in total. The molecule has 2 atom stereocenters. The molecule has 5 heteroatoms. The van der Waals surface area contributed by atoms with Crippen LogP contribution in [0.5, 0.6) is 0 Å². The number of rotatable bonds is 1. The molecule has 1 aliphatic heterocycles. The van der Waals surface area contributed by atoms with Crippen LogP contribution in [0.15, 0.2) is 0 Å². The van der Waals surface area contributed by atoms with Crippen LogP contribution in [-0.4, -0.2) is 29.3 Å². The lowest BCUT2D eigenvalue weighted by molar-refractivity contribution is -0.174. The fourth-order valence-electron chi connectivity index (χ4n) is 0.753. The Bertz CT molecular complexity index is 178. The van der Waals surface area contributed by atoms with Gasteiger partial charge in [0.2, 0.25) is 0 Å². The summed E-state index contributed by atoms with van der Waals surface area (Å²) >= 11 is 0. The minimum Gasteiger partial charge on any atom is -0.465 e. The summed E-state index contributed by atoms with van der Waals surface area (Å²) in [5.74, 6) is -0.505. The smallest absolute Gasteiger partial charge is 0.405 e. The maximum atomic E-state index is 10.4. The van der Waals surface area contributed by atoms with Crippen molar-refractivity contribution in [1.29, 1.82) is 0 Å². The SMILES string of the molecule is C[C@@H]1OC(=O)[C@@H]1NC(=O)O. The lowest BCUT2D eigenvalue weighted by Gasteiger charge is -2.31. The van der Waals surface area contributed by atoms with E-state index in [1.807, 2.05) is 5.32 Å². The van der Waals surface area contributed by atoms with Gasteiger partial charge in [-0.3, -0.25) is 0 Å². The molecule has 1 rings (SSSR count). The zero-order valence-corrected chi connectivity index (χ0v) is 5.33. The number of carboxylic acid groups (broad SMARTS) is 1. The molecular formula is C5H7NO4. The normalized spacial score (nSPS) is 30.3. The second-order valence-electron chi connectivity index (χ2n) is 2.07. The molecular weight excluding hydrogens is 138 g/mol. The van der Waals surface area contributed by atoms with Crippen LogP contribution >= 0.6 is 0 Å². The number of hydrogen-bond acceptors (Lipinski definition) is 3. The number of carbonyl (C=O) groups excluding carboxylic acids is 1. The Kier molecular flexibility index (Phi) is 1.48. The maximum absolute atomic E-state index is 10.4. The van der Waals surface area contributed by atoms with E-state index in [1.165, 1.54) is 0 Å². The van der Waals surface area contributed by atoms with Crippen LogP contribution in [0.1, 0.15) is 6.92 Å². The average molecular weight is 145 g/mol. The molecule has 1 aliphatic rings. The van der Waals surface area contributed by atoms with Crippen molar-refractivity contribution in [3.05, 3.63) is 0 Å². The zero-order valence-electron chi connectivity index (χ0n) is 5.33. The topological polar surface area (TPSA) is 75.6 Å². The highest BCUT2D eigenvalue weighted by molar-refractivity contribution is 5.85. The van der Waals surface area contributed by atoms with Crippen LogP contribution < -0.4 is 5.32 Å². The number of carbonyl (C=O) groups is 2. The second kappa shape index (κ2) is 2.17. The molecule has 0 aliphatic carbocycles. The Morgan fingerprint density at radius 2 is 2.40 bits per heavy atom. The Balaban J connectivity index is 2.40. The van der Waals surface area contributed by atoms with Crippen LogP contribution in [0.25, 0.3) is 0 Å². The molecule has 5 nitrogen and oxygen atoms in total. The number of cyclic esters (lactones) is 1. The highest BCUT2D eigenvalue weighted by Gasteiger charge is 2.40. The first kappa shape index (κ1) is 6.85. The van der Waals surface area contributed by atoms with E-state index in [0.717, 1.165) is 0 Å². The number of esters is 1. The van der Waals surface area contributed by atoms with Gasteiger partial charge >= 0.3 is 12.1 Å². The first-order valence-corrected chi connectivity index (χ1v) is 2.81. The van der Waals surface area contributed by atoms with Crippen LogP contribution in [0.2, 0.25) is 0 Å². The summed E-state index contributed by atoms with van der Waals surface area (Å²) in [5, 5.41) is 10.2. The summed E-state index contributed by atoms with van der Waals surface area (Å²) in [6.07, 6.45) is -1.53. The first-order chi connectivity index (χ1) is 4.61. The monoisotopic (exact) mass is 145 g/mol. The summed E-state index contributed by atoms with van der Waals surface area (Å²) in [5.41, 5.74) is 0. The first-order valence-electron chi connectivity index (χ1n) is 2.81. The quantitative estimate of drug-likeness (QED) is 0.491. The molecule has 1 heterocycles. The van der Waals surface area contributed by atoms with Gasteiger partial charge in [-0.1, -0.05) is 0 Å². The van der Waals surface area contributed by atoms with Crippen molar-refractivity contribution in [1.82, 2.24) is 5.32 Å². The minimum atomic E-state index is -1.20. The Labute approximate surface area is 57.0 Å². The summed E-state index contributed by atoms with van der Waals surface area (Å²) in [6, 6.07) is -0.669. The highest BCUT2D eigenvalue weighted by atomic mass is 16.6. The van der Waals surface area contributed by atoms with Crippen molar-refractivity contribution < 1.29 is 19.4 Å². The molecule has 56 valence electrons. The van der Waals surface area contributed by atoms with E-state index in [9.17, 15) is 9.59 Å². The molecule has 0 aromatic rings. The molecule has 0 bridgehead atoms. The van der Waals surface area contributed by atoms with Gasteiger partial charge in [0.25, 0.3) is 0 Å². The van der Waals surface area contributed by atoms with Crippen molar-refractivity contribution in [2.45, 2.75) is 19.1 Å². The lowest BCUT2D eigenvalue weighted by Crippen LogP contribution is -2.58. The molecule has 0 aromatic carbocycles. The van der Waals surface area contributed by atoms with Gasteiger partial charge in [0.1, 0.15) is 6.10 Å². The van der Waals surface area contributed by atoms with Crippen LogP contribution in [0.4, 0.5) is 4.79 Å². The Morgan fingerprint density at radius 3 is 2.60 bits per heavy atom. The fourth-order valence-corrected chi connectivity index (χ4v) is 0.753. The van der Waals surface area contributed by atoms with Gasteiger partial charge in [0, 0.05) is 0 Å². The Morgan fingerprint density at radius 1 is 1.80 bits per heavy atom. The molecule has 1 saturated heterocycles. The summed E-state index contributed by atoms with van der Waals surface area (Å²) < 4.78 is 4.49. The van der Waals surface area contributed by atoms with Crippen LogP contribution in [-0.2, 0) is 9.53 Å². The summed E-state index contributed by atoms with van der Waals surface area (Å²) in [6.45, 7) is 1.63. The largest absolute Gasteiger partial charge is 0.465 e. The maximum Gasteiger partial charge on any atom is 0.405 e. The van der Waals surface area contributed by atoms with E-state index in [0.29, 0.717) is 0 Å². The number of amides is 1. The average Bonchev–Trinajstić information content (AvgIpc) is 1.84. The predicted molar refractivity (Wildman–Crippen MR) is 30.5 cm³/mol. The molecule has 1 fully saturated rings. The molecule has 0 saturated carbocycles. The third-order valence-corrected chi connectivity index (χ3v) is 1.30. The minimum absolute atomic E-state index is 0.330. The van der Waals surface area contributed by atoms with E-state index in [1.54, 1.807) is 6.92 Å². The molecule has 0 aromatic heterocycles. The van der Waals surface area contributed by atoms with E-state index >= 15 is 0 Å².